The van der Waals surface area contributed by atoms with Gasteiger partial charge < -0.3 is 0 Å². The predicted octanol–water partition coefficient (Wildman–Crippen LogP) is 1.66. The summed E-state index contributed by atoms with van der Waals surface area (Å²) in [6.45, 7) is 0. The van der Waals surface area contributed by atoms with Crippen LogP contribution in [0, 0.1) is 0 Å². The molecule has 1 heterocycles. The Morgan fingerprint density at radius 3 is 3.22 bits per heavy atom. The molecule has 0 bridgehead atoms. The number of H-pyrrole nitrogens is 1. The van der Waals surface area contributed by atoms with Crippen LogP contribution in [0.1, 0.15) is 5.69 Å². The molecule has 1 rings (SSSR count). The van der Waals surface area contributed by atoms with E-state index in [1.165, 1.54) is 0 Å². The second-order valence-electron chi connectivity index (χ2n) is 1.57. The molecule has 0 aliphatic carbocycles. The van der Waals surface area contributed by atoms with Gasteiger partial charge in [-0.25, -0.2) is 0 Å². The van der Waals surface area contributed by atoms with E-state index in [0.29, 0.717) is 5.88 Å². The van der Waals surface area contributed by atoms with Crippen LogP contribution in [-0.2, 0) is 0 Å². The molecule has 0 aliphatic rings. The van der Waals surface area contributed by atoms with Gasteiger partial charge in [0.15, 0.2) is 0 Å². The Kier molecular flexibility index (Phi) is 2.33. The van der Waals surface area contributed by atoms with Crippen molar-refractivity contribution in [3.05, 3.63) is 24.0 Å². The van der Waals surface area contributed by atoms with Gasteiger partial charge in [-0.1, -0.05) is 6.08 Å². The maximum absolute atomic E-state index is 5.40. The molecule has 3 heteroatoms. The van der Waals surface area contributed by atoms with Gasteiger partial charge in [-0.2, -0.15) is 5.10 Å². The van der Waals surface area contributed by atoms with E-state index in [1.807, 2.05) is 18.2 Å². The van der Waals surface area contributed by atoms with Crippen LogP contribution < -0.4 is 0 Å². The molecular weight excluding hydrogens is 136 g/mol. The predicted molar refractivity (Wildman–Crippen MR) is 38.3 cm³/mol. The van der Waals surface area contributed by atoms with Crippen LogP contribution in [0.2, 0.25) is 0 Å². The number of halogens is 1. The number of hydrogen-bond acceptors (Lipinski definition) is 1. The summed E-state index contributed by atoms with van der Waals surface area (Å²) in [6.07, 6.45) is 5.45. The number of nitrogens with zero attached hydrogens (tertiary/aromatic N) is 1. The number of aromatic amines is 1. The van der Waals surface area contributed by atoms with Gasteiger partial charge in [0.25, 0.3) is 0 Å². The third-order valence-electron chi connectivity index (χ3n) is 0.909. The van der Waals surface area contributed by atoms with Gasteiger partial charge in [-0.15, -0.1) is 11.6 Å². The number of alkyl halides is 1. The average molecular weight is 143 g/mol. The van der Waals surface area contributed by atoms with Crippen molar-refractivity contribution in [2.45, 2.75) is 0 Å². The van der Waals surface area contributed by atoms with Crippen molar-refractivity contribution >= 4 is 17.7 Å². The molecule has 0 saturated heterocycles. The lowest BCUT2D eigenvalue weighted by Gasteiger charge is -1.78. The molecule has 0 fully saturated rings. The molecule has 0 saturated carbocycles. The molecule has 1 aromatic rings. The maximum Gasteiger partial charge on any atom is 0.0575 e. The van der Waals surface area contributed by atoms with Crippen molar-refractivity contribution in [2.75, 3.05) is 5.88 Å². The SMILES string of the molecule is ClCC=Cc1ccn[nH]1. The van der Waals surface area contributed by atoms with Crippen molar-refractivity contribution in [3.8, 4) is 0 Å². The topological polar surface area (TPSA) is 28.7 Å². The summed E-state index contributed by atoms with van der Waals surface area (Å²) < 4.78 is 0. The van der Waals surface area contributed by atoms with Crippen LogP contribution in [-0.4, -0.2) is 16.1 Å². The Balaban J connectivity index is 2.57. The van der Waals surface area contributed by atoms with Crippen molar-refractivity contribution in [2.24, 2.45) is 0 Å². The highest BCUT2D eigenvalue weighted by Gasteiger charge is 1.81. The Bertz CT molecular complexity index is 179. The summed E-state index contributed by atoms with van der Waals surface area (Å²) in [5, 5.41) is 6.53. The van der Waals surface area contributed by atoms with E-state index >= 15 is 0 Å². The van der Waals surface area contributed by atoms with Crippen LogP contribution in [0.15, 0.2) is 18.3 Å². The highest BCUT2D eigenvalue weighted by Crippen LogP contribution is 1.94. The second-order valence-corrected chi connectivity index (χ2v) is 1.88. The molecule has 0 aromatic carbocycles. The lowest BCUT2D eigenvalue weighted by atomic mass is 10.4. The average Bonchev–Trinajstić information content (AvgIpc) is 2.34. The van der Waals surface area contributed by atoms with Crippen molar-refractivity contribution in [3.63, 3.8) is 0 Å². The molecule has 0 unspecified atom stereocenters. The van der Waals surface area contributed by atoms with E-state index in [-0.39, 0.29) is 0 Å². The molecular formula is C6H7ClN2. The monoisotopic (exact) mass is 142 g/mol. The molecule has 48 valence electrons. The molecule has 9 heavy (non-hydrogen) atoms. The van der Waals surface area contributed by atoms with E-state index in [0.717, 1.165) is 5.69 Å². The van der Waals surface area contributed by atoms with Crippen LogP contribution in [0.5, 0.6) is 0 Å². The van der Waals surface area contributed by atoms with Crippen LogP contribution >= 0.6 is 11.6 Å². The Morgan fingerprint density at radius 2 is 2.67 bits per heavy atom. The molecule has 2 nitrogen and oxygen atoms in total. The smallest absolute Gasteiger partial charge is 0.0575 e. The van der Waals surface area contributed by atoms with Crippen LogP contribution in [0.3, 0.4) is 0 Å². The summed E-state index contributed by atoms with van der Waals surface area (Å²) in [6, 6.07) is 1.88. The van der Waals surface area contributed by atoms with Gasteiger partial charge in [0.05, 0.1) is 5.69 Å². The van der Waals surface area contributed by atoms with E-state index < -0.39 is 0 Å². The van der Waals surface area contributed by atoms with Crippen LogP contribution in [0.25, 0.3) is 6.08 Å². The largest absolute Gasteiger partial charge is 0.278 e. The maximum atomic E-state index is 5.40. The van der Waals surface area contributed by atoms with Gasteiger partial charge >= 0.3 is 0 Å². The zero-order chi connectivity index (χ0) is 6.53. The first-order valence-corrected chi connectivity index (χ1v) is 3.19. The molecule has 0 aliphatic heterocycles. The molecule has 1 aromatic heterocycles. The van der Waals surface area contributed by atoms with Gasteiger partial charge in [-0.3, -0.25) is 5.10 Å². The van der Waals surface area contributed by atoms with Crippen molar-refractivity contribution in [1.29, 1.82) is 0 Å². The highest BCUT2D eigenvalue weighted by molar-refractivity contribution is 6.19. The minimum Gasteiger partial charge on any atom is -0.278 e. The first-order chi connectivity index (χ1) is 4.43. The molecule has 0 amide bonds. The van der Waals surface area contributed by atoms with Gasteiger partial charge in [0, 0.05) is 12.1 Å². The normalized spacial score (nSPS) is 10.8. The summed E-state index contributed by atoms with van der Waals surface area (Å²) in [7, 11) is 0. The highest BCUT2D eigenvalue weighted by atomic mass is 35.5. The quantitative estimate of drug-likeness (QED) is 0.626. The van der Waals surface area contributed by atoms with Gasteiger partial charge in [-0.05, 0) is 12.1 Å². The summed E-state index contributed by atoms with van der Waals surface area (Å²) in [5.74, 6) is 0.541. The van der Waals surface area contributed by atoms with Gasteiger partial charge in [0.2, 0.25) is 0 Å². The first-order valence-electron chi connectivity index (χ1n) is 2.65. The van der Waals surface area contributed by atoms with Crippen molar-refractivity contribution < 1.29 is 0 Å². The lowest BCUT2D eigenvalue weighted by molar-refractivity contribution is 1.08. The molecule has 1 N–H and O–H groups in total. The fraction of sp³-hybridized carbons (Fsp3) is 0.167. The van der Waals surface area contributed by atoms with E-state index in [2.05, 4.69) is 10.2 Å². The zero-order valence-electron chi connectivity index (χ0n) is 4.84. The zero-order valence-corrected chi connectivity index (χ0v) is 5.60. The minimum absolute atomic E-state index is 0.541. The van der Waals surface area contributed by atoms with E-state index in [4.69, 9.17) is 11.6 Å². The Labute approximate surface area is 58.5 Å². The third kappa shape index (κ3) is 1.90. The first kappa shape index (κ1) is 6.36. The summed E-state index contributed by atoms with van der Waals surface area (Å²) >= 11 is 5.40. The van der Waals surface area contributed by atoms with Crippen molar-refractivity contribution in [1.82, 2.24) is 10.2 Å². The summed E-state index contributed by atoms with van der Waals surface area (Å²) in [4.78, 5) is 0. The fourth-order valence-corrected chi connectivity index (χ4v) is 0.620. The number of hydrogen-bond donors (Lipinski definition) is 1. The molecule has 0 spiro atoms. The van der Waals surface area contributed by atoms with Crippen LogP contribution in [0.4, 0.5) is 0 Å². The van der Waals surface area contributed by atoms with Gasteiger partial charge in [0.1, 0.15) is 0 Å². The molecule has 0 atom stereocenters. The lowest BCUT2D eigenvalue weighted by Crippen LogP contribution is -1.69. The van der Waals surface area contributed by atoms with E-state index in [1.54, 1.807) is 6.20 Å². The number of rotatable bonds is 2. The molecule has 0 radical (unpaired) electrons. The fourth-order valence-electron chi connectivity index (χ4n) is 0.531. The number of nitrogens with one attached hydrogen (secondary N) is 1. The Hall–Kier alpha value is -0.760. The third-order valence-corrected chi connectivity index (χ3v) is 1.09. The standard InChI is InChI=1S/C6H7ClN2/c7-4-1-2-6-3-5-8-9-6/h1-3,5H,4H2,(H,8,9). The minimum atomic E-state index is 0.541. The second kappa shape index (κ2) is 3.30. The Morgan fingerprint density at radius 1 is 1.78 bits per heavy atom. The number of aromatic nitrogens is 2. The number of allylic oxidation sites excluding steroid dienone is 1. The van der Waals surface area contributed by atoms with E-state index in [9.17, 15) is 0 Å². The summed E-state index contributed by atoms with van der Waals surface area (Å²) in [5.41, 5.74) is 0.982.